The SMILES string of the molecule is Cc1nn(C)c(C)c1OC(=O)c1nc(Cl)ccc1Cl. The number of nitrogens with zero attached hydrogens (tertiary/aromatic N) is 3. The van der Waals surface area contributed by atoms with E-state index >= 15 is 0 Å². The number of carbonyl (C=O) groups excluding carboxylic acids is 1. The highest BCUT2D eigenvalue weighted by Crippen LogP contribution is 2.24. The fraction of sp³-hybridized carbons (Fsp3) is 0.250. The van der Waals surface area contributed by atoms with Gasteiger partial charge in [0.1, 0.15) is 10.8 Å². The fourth-order valence-corrected chi connectivity index (χ4v) is 1.93. The van der Waals surface area contributed by atoms with Gasteiger partial charge in [-0.15, -0.1) is 0 Å². The molecule has 0 radical (unpaired) electrons. The Hall–Kier alpha value is -1.59. The highest BCUT2D eigenvalue weighted by molar-refractivity contribution is 6.34. The molecule has 0 bridgehead atoms. The van der Waals surface area contributed by atoms with Gasteiger partial charge in [0.2, 0.25) is 0 Å². The second kappa shape index (κ2) is 5.19. The van der Waals surface area contributed by atoms with E-state index < -0.39 is 5.97 Å². The van der Waals surface area contributed by atoms with E-state index in [1.807, 2.05) is 0 Å². The summed E-state index contributed by atoms with van der Waals surface area (Å²) in [5.74, 6) is -0.253. The van der Waals surface area contributed by atoms with Crippen LogP contribution >= 0.6 is 23.2 Å². The molecule has 0 aliphatic heterocycles. The van der Waals surface area contributed by atoms with Crippen molar-refractivity contribution in [1.82, 2.24) is 14.8 Å². The van der Waals surface area contributed by atoms with Gasteiger partial charge in [0, 0.05) is 7.05 Å². The minimum atomic E-state index is -0.660. The van der Waals surface area contributed by atoms with Crippen LogP contribution in [0.15, 0.2) is 12.1 Å². The largest absolute Gasteiger partial charge is 0.418 e. The van der Waals surface area contributed by atoms with Gasteiger partial charge >= 0.3 is 5.97 Å². The highest BCUT2D eigenvalue weighted by Gasteiger charge is 2.19. The van der Waals surface area contributed by atoms with Crippen LogP contribution in [0.25, 0.3) is 0 Å². The summed E-state index contributed by atoms with van der Waals surface area (Å²) in [4.78, 5) is 15.9. The van der Waals surface area contributed by atoms with Crippen molar-refractivity contribution in [2.75, 3.05) is 0 Å². The lowest BCUT2D eigenvalue weighted by Crippen LogP contribution is -2.12. The molecule has 0 atom stereocenters. The molecule has 0 amide bonds. The van der Waals surface area contributed by atoms with Gasteiger partial charge in [0.15, 0.2) is 11.4 Å². The Morgan fingerprint density at radius 2 is 2.00 bits per heavy atom. The molecule has 0 N–H and O–H groups in total. The van der Waals surface area contributed by atoms with Crippen molar-refractivity contribution in [3.05, 3.63) is 39.4 Å². The second-order valence-corrected chi connectivity index (χ2v) is 4.77. The number of carbonyl (C=O) groups is 1. The van der Waals surface area contributed by atoms with Crippen molar-refractivity contribution in [1.29, 1.82) is 0 Å². The number of esters is 1. The predicted octanol–water partition coefficient (Wildman–Crippen LogP) is 2.96. The number of aromatic nitrogens is 3. The maximum absolute atomic E-state index is 12.0. The van der Waals surface area contributed by atoms with Crippen LogP contribution in [0.1, 0.15) is 21.9 Å². The van der Waals surface area contributed by atoms with Crippen molar-refractivity contribution < 1.29 is 9.53 Å². The smallest absolute Gasteiger partial charge is 0.364 e. The van der Waals surface area contributed by atoms with Crippen LogP contribution in [0.4, 0.5) is 0 Å². The monoisotopic (exact) mass is 299 g/mol. The zero-order valence-corrected chi connectivity index (χ0v) is 12.1. The van der Waals surface area contributed by atoms with Crippen LogP contribution in [0.3, 0.4) is 0 Å². The van der Waals surface area contributed by atoms with Gasteiger partial charge in [-0.2, -0.15) is 5.10 Å². The molecule has 0 saturated carbocycles. The Bertz CT molecular complexity index is 653. The van der Waals surface area contributed by atoms with E-state index in [-0.39, 0.29) is 15.9 Å². The molecule has 19 heavy (non-hydrogen) atoms. The summed E-state index contributed by atoms with van der Waals surface area (Å²) >= 11 is 11.6. The van der Waals surface area contributed by atoms with E-state index in [9.17, 15) is 4.79 Å². The molecule has 2 aromatic rings. The molecule has 100 valence electrons. The van der Waals surface area contributed by atoms with Crippen LogP contribution in [0.2, 0.25) is 10.2 Å². The maximum Gasteiger partial charge on any atom is 0.364 e. The topological polar surface area (TPSA) is 57.0 Å². The molecular weight excluding hydrogens is 289 g/mol. The lowest BCUT2D eigenvalue weighted by atomic mass is 10.3. The number of aryl methyl sites for hydroxylation is 2. The lowest BCUT2D eigenvalue weighted by Gasteiger charge is -2.05. The van der Waals surface area contributed by atoms with Crippen molar-refractivity contribution >= 4 is 29.2 Å². The molecule has 0 aliphatic rings. The Labute approximate surface area is 120 Å². The Balaban J connectivity index is 2.33. The van der Waals surface area contributed by atoms with Crippen LogP contribution in [-0.2, 0) is 7.05 Å². The third kappa shape index (κ3) is 2.72. The van der Waals surface area contributed by atoms with Crippen molar-refractivity contribution in [3.63, 3.8) is 0 Å². The molecule has 0 spiro atoms. The number of hydrogen-bond acceptors (Lipinski definition) is 4. The molecule has 0 unspecified atom stereocenters. The number of hydrogen-bond donors (Lipinski definition) is 0. The summed E-state index contributed by atoms with van der Waals surface area (Å²) in [5, 5.41) is 4.52. The summed E-state index contributed by atoms with van der Waals surface area (Å²) in [6.45, 7) is 3.55. The fourth-order valence-electron chi connectivity index (χ4n) is 1.60. The Kier molecular flexibility index (Phi) is 3.78. The van der Waals surface area contributed by atoms with E-state index in [1.165, 1.54) is 12.1 Å². The van der Waals surface area contributed by atoms with Gasteiger partial charge in [0.25, 0.3) is 0 Å². The van der Waals surface area contributed by atoms with E-state index in [1.54, 1.807) is 25.6 Å². The van der Waals surface area contributed by atoms with Gasteiger partial charge in [-0.3, -0.25) is 4.68 Å². The van der Waals surface area contributed by atoms with Gasteiger partial charge in [-0.1, -0.05) is 23.2 Å². The molecule has 0 aromatic carbocycles. The van der Waals surface area contributed by atoms with E-state index in [4.69, 9.17) is 27.9 Å². The van der Waals surface area contributed by atoms with Gasteiger partial charge in [0.05, 0.1) is 10.7 Å². The Morgan fingerprint density at radius 1 is 1.32 bits per heavy atom. The molecular formula is C12H11Cl2N3O2. The summed E-state index contributed by atoms with van der Waals surface area (Å²) in [5.41, 5.74) is 1.34. The summed E-state index contributed by atoms with van der Waals surface area (Å²) in [6, 6.07) is 3.00. The van der Waals surface area contributed by atoms with Crippen LogP contribution in [0, 0.1) is 13.8 Å². The van der Waals surface area contributed by atoms with Gasteiger partial charge in [-0.25, -0.2) is 9.78 Å². The van der Waals surface area contributed by atoms with Crippen molar-refractivity contribution in [3.8, 4) is 5.75 Å². The van der Waals surface area contributed by atoms with Crippen molar-refractivity contribution in [2.24, 2.45) is 7.05 Å². The summed E-state index contributed by atoms with van der Waals surface area (Å²) < 4.78 is 6.92. The molecule has 7 heteroatoms. The first-order chi connectivity index (χ1) is 8.90. The third-order valence-electron chi connectivity index (χ3n) is 2.64. The quantitative estimate of drug-likeness (QED) is 0.632. The average molecular weight is 300 g/mol. The maximum atomic E-state index is 12.0. The first-order valence-corrected chi connectivity index (χ1v) is 6.20. The standard InChI is InChI=1S/C12H11Cl2N3O2/c1-6-11(7(2)17(3)16-6)19-12(18)10-8(13)4-5-9(14)15-10/h4-5H,1-3H3. The molecule has 0 saturated heterocycles. The number of pyridine rings is 1. The van der Waals surface area contributed by atoms with E-state index in [2.05, 4.69) is 10.1 Å². The van der Waals surface area contributed by atoms with E-state index in [0.29, 0.717) is 11.4 Å². The first kappa shape index (κ1) is 13.8. The zero-order chi connectivity index (χ0) is 14.2. The van der Waals surface area contributed by atoms with Gasteiger partial charge in [-0.05, 0) is 26.0 Å². The normalized spacial score (nSPS) is 10.6. The van der Waals surface area contributed by atoms with Crippen LogP contribution in [0.5, 0.6) is 5.75 Å². The molecule has 2 heterocycles. The molecule has 0 fully saturated rings. The molecule has 2 rings (SSSR count). The minimum Gasteiger partial charge on any atom is -0.418 e. The second-order valence-electron chi connectivity index (χ2n) is 3.98. The summed E-state index contributed by atoms with van der Waals surface area (Å²) in [7, 11) is 1.77. The van der Waals surface area contributed by atoms with Crippen LogP contribution in [-0.4, -0.2) is 20.7 Å². The number of rotatable bonds is 2. The Morgan fingerprint density at radius 3 is 2.58 bits per heavy atom. The number of halogens is 2. The average Bonchev–Trinajstić information content (AvgIpc) is 2.59. The lowest BCUT2D eigenvalue weighted by molar-refractivity contribution is 0.0726. The van der Waals surface area contributed by atoms with Crippen molar-refractivity contribution in [2.45, 2.75) is 13.8 Å². The molecule has 2 aromatic heterocycles. The van der Waals surface area contributed by atoms with Gasteiger partial charge < -0.3 is 4.74 Å². The zero-order valence-electron chi connectivity index (χ0n) is 10.6. The number of ether oxygens (including phenoxy) is 1. The molecule has 0 aliphatic carbocycles. The summed E-state index contributed by atoms with van der Waals surface area (Å²) in [6.07, 6.45) is 0. The van der Waals surface area contributed by atoms with Crippen LogP contribution < -0.4 is 4.74 Å². The minimum absolute atomic E-state index is 0.0168. The molecule has 5 nitrogen and oxygen atoms in total. The van der Waals surface area contributed by atoms with E-state index in [0.717, 1.165) is 5.69 Å². The highest BCUT2D eigenvalue weighted by atomic mass is 35.5. The third-order valence-corrected chi connectivity index (χ3v) is 3.16. The predicted molar refractivity (Wildman–Crippen MR) is 71.9 cm³/mol. The first-order valence-electron chi connectivity index (χ1n) is 5.44.